The van der Waals surface area contributed by atoms with Crippen LogP contribution >= 0.6 is 0 Å². The van der Waals surface area contributed by atoms with Crippen LogP contribution in [0.5, 0.6) is 0 Å². The molecule has 0 radical (unpaired) electrons. The minimum absolute atomic E-state index is 0.00325. The fraction of sp³-hybridized carbons (Fsp3) is 0.385. The number of aromatic nitrogens is 4. The highest BCUT2D eigenvalue weighted by Gasteiger charge is 2.05. The van der Waals surface area contributed by atoms with Gasteiger partial charge in [-0.3, -0.25) is 9.59 Å². The molecule has 0 saturated heterocycles. The van der Waals surface area contributed by atoms with Crippen LogP contribution < -0.4 is 5.32 Å². The maximum atomic E-state index is 11.5. The van der Waals surface area contributed by atoms with Crippen molar-refractivity contribution in [3.63, 3.8) is 0 Å². The first-order chi connectivity index (χ1) is 10.1. The molecule has 0 saturated carbocycles. The average Bonchev–Trinajstić information content (AvgIpc) is 2.47. The number of nitrogens with one attached hydrogen (secondary N) is 1. The molecule has 2 heterocycles. The number of carboxylic acids is 1. The Hall–Kier alpha value is -2.64. The second kappa shape index (κ2) is 7.22. The van der Waals surface area contributed by atoms with E-state index in [1.807, 2.05) is 0 Å². The van der Waals surface area contributed by atoms with E-state index in [4.69, 9.17) is 5.11 Å². The van der Waals surface area contributed by atoms with Gasteiger partial charge < -0.3 is 10.4 Å². The van der Waals surface area contributed by atoms with E-state index in [1.54, 1.807) is 12.4 Å². The van der Waals surface area contributed by atoms with Crippen molar-refractivity contribution in [1.29, 1.82) is 0 Å². The van der Waals surface area contributed by atoms with Crippen molar-refractivity contribution in [3.05, 3.63) is 24.4 Å². The van der Waals surface area contributed by atoms with Crippen LogP contribution in [0.25, 0.3) is 11.2 Å². The third kappa shape index (κ3) is 4.75. The lowest BCUT2D eigenvalue weighted by molar-refractivity contribution is -0.137. The van der Waals surface area contributed by atoms with E-state index in [9.17, 15) is 9.59 Å². The molecule has 0 fully saturated rings. The fourth-order valence-corrected chi connectivity index (χ4v) is 1.74. The first-order valence-corrected chi connectivity index (χ1v) is 6.55. The molecule has 0 bridgehead atoms. The van der Waals surface area contributed by atoms with Crippen LogP contribution in [0.2, 0.25) is 0 Å². The van der Waals surface area contributed by atoms with E-state index >= 15 is 0 Å². The molecule has 1 amide bonds. The Labute approximate surface area is 120 Å². The molecule has 0 atom stereocenters. The molecule has 0 aliphatic rings. The van der Waals surface area contributed by atoms with Crippen molar-refractivity contribution in [2.45, 2.75) is 25.7 Å². The average molecular weight is 289 g/mol. The van der Waals surface area contributed by atoms with Crippen molar-refractivity contribution in [2.24, 2.45) is 0 Å². The van der Waals surface area contributed by atoms with Crippen molar-refractivity contribution in [2.75, 3.05) is 6.54 Å². The zero-order chi connectivity index (χ0) is 15.1. The van der Waals surface area contributed by atoms with Gasteiger partial charge in [-0.15, -0.1) is 0 Å². The highest BCUT2D eigenvalue weighted by atomic mass is 16.4. The second-order valence-corrected chi connectivity index (χ2v) is 4.44. The SMILES string of the molecule is O=C(O)CCCC(=O)NCCc1cnc2cncnc2n1. The van der Waals surface area contributed by atoms with Crippen LogP contribution in [-0.4, -0.2) is 43.5 Å². The first kappa shape index (κ1) is 14.8. The first-order valence-electron chi connectivity index (χ1n) is 6.55. The molecule has 21 heavy (non-hydrogen) atoms. The maximum Gasteiger partial charge on any atom is 0.303 e. The number of fused-ring (bicyclic) bond motifs is 1. The zero-order valence-corrected chi connectivity index (χ0v) is 11.3. The molecule has 0 unspecified atom stereocenters. The number of carboxylic acid groups (broad SMARTS) is 1. The molecule has 0 aromatic carbocycles. The zero-order valence-electron chi connectivity index (χ0n) is 11.3. The van der Waals surface area contributed by atoms with Gasteiger partial charge in [0.1, 0.15) is 11.8 Å². The van der Waals surface area contributed by atoms with E-state index in [0.717, 1.165) is 5.69 Å². The van der Waals surface area contributed by atoms with Crippen molar-refractivity contribution >= 4 is 23.0 Å². The number of hydrogen-bond donors (Lipinski definition) is 2. The third-order valence-corrected chi connectivity index (χ3v) is 2.77. The summed E-state index contributed by atoms with van der Waals surface area (Å²) in [5.74, 6) is -1.05. The predicted octanol–water partition coefficient (Wildman–Crippen LogP) is 0.333. The highest BCUT2D eigenvalue weighted by molar-refractivity contribution is 5.76. The van der Waals surface area contributed by atoms with Gasteiger partial charge in [-0.25, -0.2) is 19.9 Å². The van der Waals surface area contributed by atoms with Gasteiger partial charge in [-0.05, 0) is 6.42 Å². The summed E-state index contributed by atoms with van der Waals surface area (Å²) in [5, 5.41) is 11.2. The quantitative estimate of drug-likeness (QED) is 0.754. The molecular weight excluding hydrogens is 274 g/mol. The summed E-state index contributed by atoms with van der Waals surface area (Å²) in [6.45, 7) is 0.428. The lowest BCUT2D eigenvalue weighted by Gasteiger charge is -2.04. The summed E-state index contributed by atoms with van der Waals surface area (Å²) in [6, 6.07) is 0. The minimum atomic E-state index is -0.892. The van der Waals surface area contributed by atoms with Crippen LogP contribution in [0, 0.1) is 0 Å². The number of nitrogens with zero attached hydrogens (tertiary/aromatic N) is 4. The van der Waals surface area contributed by atoms with Crippen LogP contribution in [0.3, 0.4) is 0 Å². The van der Waals surface area contributed by atoms with Crippen molar-refractivity contribution in [1.82, 2.24) is 25.3 Å². The Morgan fingerprint density at radius 1 is 1.19 bits per heavy atom. The Bertz CT molecular complexity index is 646. The highest BCUT2D eigenvalue weighted by Crippen LogP contribution is 2.04. The van der Waals surface area contributed by atoms with E-state index in [1.165, 1.54) is 6.33 Å². The van der Waals surface area contributed by atoms with Crippen LogP contribution in [-0.2, 0) is 16.0 Å². The molecule has 2 rings (SSSR count). The van der Waals surface area contributed by atoms with Gasteiger partial charge in [0.2, 0.25) is 5.91 Å². The number of rotatable bonds is 7. The third-order valence-electron chi connectivity index (χ3n) is 2.77. The Morgan fingerprint density at radius 3 is 2.86 bits per heavy atom. The summed E-state index contributed by atoms with van der Waals surface area (Å²) < 4.78 is 0. The molecule has 0 aliphatic heterocycles. The van der Waals surface area contributed by atoms with Gasteiger partial charge in [0.15, 0.2) is 5.65 Å². The van der Waals surface area contributed by atoms with E-state index in [0.29, 0.717) is 30.6 Å². The summed E-state index contributed by atoms with van der Waals surface area (Å²) in [4.78, 5) is 38.2. The number of amides is 1. The molecule has 0 aliphatic carbocycles. The number of aliphatic carboxylic acids is 1. The van der Waals surface area contributed by atoms with E-state index in [2.05, 4.69) is 25.3 Å². The van der Waals surface area contributed by atoms with Crippen LogP contribution in [0.4, 0.5) is 0 Å². The number of hydrogen-bond acceptors (Lipinski definition) is 6. The number of carbonyl (C=O) groups excluding carboxylic acids is 1. The monoisotopic (exact) mass is 289 g/mol. The smallest absolute Gasteiger partial charge is 0.303 e. The maximum absolute atomic E-state index is 11.5. The minimum Gasteiger partial charge on any atom is -0.481 e. The van der Waals surface area contributed by atoms with Gasteiger partial charge in [0.05, 0.1) is 11.9 Å². The molecule has 8 nitrogen and oxygen atoms in total. The second-order valence-electron chi connectivity index (χ2n) is 4.44. The molecular formula is C13H15N5O3. The van der Waals surface area contributed by atoms with Crippen molar-refractivity contribution in [3.8, 4) is 0 Å². The molecule has 2 aromatic rings. The normalized spacial score (nSPS) is 10.5. The summed E-state index contributed by atoms with van der Waals surface area (Å²) in [5.41, 5.74) is 1.88. The predicted molar refractivity (Wildman–Crippen MR) is 73.3 cm³/mol. The molecule has 110 valence electrons. The van der Waals surface area contributed by atoms with Crippen LogP contribution in [0.1, 0.15) is 25.0 Å². The number of carbonyl (C=O) groups is 2. The Morgan fingerprint density at radius 2 is 2.05 bits per heavy atom. The summed E-state index contributed by atoms with van der Waals surface area (Å²) in [7, 11) is 0. The Kier molecular flexibility index (Phi) is 5.08. The summed E-state index contributed by atoms with van der Waals surface area (Å²) >= 11 is 0. The summed E-state index contributed by atoms with van der Waals surface area (Å²) in [6.07, 6.45) is 5.72. The van der Waals surface area contributed by atoms with Gasteiger partial charge in [0.25, 0.3) is 0 Å². The topological polar surface area (TPSA) is 118 Å². The molecule has 8 heteroatoms. The fourth-order valence-electron chi connectivity index (χ4n) is 1.74. The largest absolute Gasteiger partial charge is 0.481 e. The lowest BCUT2D eigenvalue weighted by Crippen LogP contribution is -2.25. The van der Waals surface area contributed by atoms with Gasteiger partial charge in [-0.2, -0.15) is 0 Å². The molecule has 2 N–H and O–H groups in total. The lowest BCUT2D eigenvalue weighted by atomic mass is 10.2. The van der Waals surface area contributed by atoms with Crippen molar-refractivity contribution < 1.29 is 14.7 Å². The molecule has 0 spiro atoms. The standard InChI is InChI=1S/C13H15N5O3/c19-11(2-1-3-12(20)21)15-5-4-9-6-16-10-7-14-8-17-13(10)18-9/h6-8H,1-5H2,(H,15,19)(H,20,21). The van der Waals surface area contributed by atoms with Crippen LogP contribution in [0.15, 0.2) is 18.7 Å². The van der Waals surface area contributed by atoms with Gasteiger partial charge in [-0.1, -0.05) is 0 Å². The van der Waals surface area contributed by atoms with Gasteiger partial charge in [0, 0.05) is 32.0 Å². The van der Waals surface area contributed by atoms with Gasteiger partial charge >= 0.3 is 5.97 Å². The van der Waals surface area contributed by atoms with E-state index < -0.39 is 5.97 Å². The Balaban J connectivity index is 1.77. The van der Waals surface area contributed by atoms with E-state index in [-0.39, 0.29) is 18.7 Å². The molecule has 2 aromatic heterocycles.